The van der Waals surface area contributed by atoms with Gasteiger partial charge in [0.2, 0.25) is 0 Å². The van der Waals surface area contributed by atoms with Crippen LogP contribution in [-0.4, -0.2) is 0 Å². The molecule has 0 radical (unpaired) electrons. The van der Waals surface area contributed by atoms with Crippen molar-refractivity contribution >= 4 is 11.3 Å². The average molecular weight is 235 g/mol. The standard InChI is InChI=1S/C13H14FNS/c1-2-9-7-8-16-13(9)12(15)10-5-3-4-6-11(10)14/h3-8,12H,2,15H2,1H3. The van der Waals surface area contributed by atoms with Gasteiger partial charge in [0.15, 0.2) is 0 Å². The van der Waals surface area contributed by atoms with Crippen LogP contribution in [0.1, 0.15) is 29.0 Å². The second kappa shape index (κ2) is 4.76. The van der Waals surface area contributed by atoms with Crippen LogP contribution in [0.5, 0.6) is 0 Å². The first-order valence-electron chi connectivity index (χ1n) is 5.30. The summed E-state index contributed by atoms with van der Waals surface area (Å²) in [4.78, 5) is 1.06. The van der Waals surface area contributed by atoms with Gasteiger partial charge in [-0.2, -0.15) is 0 Å². The topological polar surface area (TPSA) is 26.0 Å². The summed E-state index contributed by atoms with van der Waals surface area (Å²) in [6.45, 7) is 2.08. The molecule has 0 aliphatic rings. The zero-order valence-corrected chi connectivity index (χ0v) is 9.93. The molecule has 1 atom stereocenters. The lowest BCUT2D eigenvalue weighted by Crippen LogP contribution is -2.13. The summed E-state index contributed by atoms with van der Waals surface area (Å²) in [6.07, 6.45) is 0.932. The van der Waals surface area contributed by atoms with E-state index in [9.17, 15) is 4.39 Å². The minimum Gasteiger partial charge on any atom is -0.320 e. The van der Waals surface area contributed by atoms with Crippen molar-refractivity contribution in [3.8, 4) is 0 Å². The van der Waals surface area contributed by atoms with Gasteiger partial charge in [-0.3, -0.25) is 0 Å². The van der Waals surface area contributed by atoms with Crippen LogP contribution in [-0.2, 0) is 6.42 Å². The molecule has 2 aromatic rings. The largest absolute Gasteiger partial charge is 0.320 e. The number of hydrogen-bond donors (Lipinski definition) is 1. The molecule has 2 rings (SSSR count). The van der Waals surface area contributed by atoms with E-state index in [1.807, 2.05) is 11.4 Å². The minimum atomic E-state index is -0.351. The van der Waals surface area contributed by atoms with Crippen LogP contribution in [0.15, 0.2) is 35.7 Å². The molecule has 84 valence electrons. The van der Waals surface area contributed by atoms with Crippen molar-refractivity contribution in [2.45, 2.75) is 19.4 Å². The maximum absolute atomic E-state index is 13.6. The predicted octanol–water partition coefficient (Wildman–Crippen LogP) is 3.50. The number of rotatable bonds is 3. The van der Waals surface area contributed by atoms with Gasteiger partial charge >= 0.3 is 0 Å². The highest BCUT2D eigenvalue weighted by Crippen LogP contribution is 2.29. The van der Waals surface area contributed by atoms with Gasteiger partial charge in [0.05, 0.1) is 6.04 Å². The lowest BCUT2D eigenvalue weighted by molar-refractivity contribution is 0.600. The molecule has 0 saturated heterocycles. The Labute approximate surface area is 98.7 Å². The van der Waals surface area contributed by atoms with Crippen molar-refractivity contribution in [3.63, 3.8) is 0 Å². The average Bonchev–Trinajstić information content (AvgIpc) is 2.77. The molecule has 16 heavy (non-hydrogen) atoms. The molecule has 0 saturated carbocycles. The smallest absolute Gasteiger partial charge is 0.128 e. The molecule has 0 spiro atoms. The summed E-state index contributed by atoms with van der Waals surface area (Å²) >= 11 is 1.59. The quantitative estimate of drug-likeness (QED) is 0.865. The highest BCUT2D eigenvalue weighted by atomic mass is 32.1. The third kappa shape index (κ3) is 2.01. The zero-order chi connectivity index (χ0) is 11.5. The van der Waals surface area contributed by atoms with Crippen molar-refractivity contribution in [2.75, 3.05) is 0 Å². The monoisotopic (exact) mass is 235 g/mol. The Morgan fingerprint density at radius 2 is 2.06 bits per heavy atom. The van der Waals surface area contributed by atoms with Crippen LogP contribution < -0.4 is 5.73 Å². The highest BCUT2D eigenvalue weighted by Gasteiger charge is 2.16. The summed E-state index contributed by atoms with van der Waals surface area (Å²) in [7, 11) is 0. The molecule has 0 bridgehead atoms. The molecule has 0 amide bonds. The Morgan fingerprint density at radius 3 is 2.75 bits per heavy atom. The summed E-state index contributed by atoms with van der Waals surface area (Å²) in [5.41, 5.74) is 7.89. The molecule has 2 N–H and O–H groups in total. The molecule has 1 nitrogen and oxygen atoms in total. The molecule has 1 aromatic heterocycles. The van der Waals surface area contributed by atoms with E-state index in [2.05, 4.69) is 13.0 Å². The Kier molecular flexibility index (Phi) is 3.36. The van der Waals surface area contributed by atoms with E-state index in [4.69, 9.17) is 5.73 Å². The fraction of sp³-hybridized carbons (Fsp3) is 0.231. The fourth-order valence-electron chi connectivity index (χ4n) is 1.78. The number of hydrogen-bond acceptors (Lipinski definition) is 2. The van der Waals surface area contributed by atoms with Crippen LogP contribution in [0.3, 0.4) is 0 Å². The van der Waals surface area contributed by atoms with Gasteiger partial charge in [-0.25, -0.2) is 4.39 Å². The SMILES string of the molecule is CCc1ccsc1C(N)c1ccccc1F. The molecular weight excluding hydrogens is 221 g/mol. The number of benzene rings is 1. The second-order valence-electron chi connectivity index (χ2n) is 3.66. The van der Waals surface area contributed by atoms with Crippen LogP contribution in [0.4, 0.5) is 4.39 Å². The molecule has 0 fully saturated rings. The van der Waals surface area contributed by atoms with Crippen LogP contribution in [0.2, 0.25) is 0 Å². The molecule has 3 heteroatoms. The van der Waals surface area contributed by atoms with Crippen molar-refractivity contribution < 1.29 is 4.39 Å². The Morgan fingerprint density at radius 1 is 1.31 bits per heavy atom. The first-order valence-corrected chi connectivity index (χ1v) is 6.18. The first-order chi connectivity index (χ1) is 7.74. The fourth-order valence-corrected chi connectivity index (χ4v) is 2.80. The van der Waals surface area contributed by atoms with E-state index < -0.39 is 0 Å². The normalized spacial score (nSPS) is 12.7. The summed E-state index contributed by atoms with van der Waals surface area (Å²) in [5.74, 6) is -0.231. The Hall–Kier alpha value is -1.19. The van der Waals surface area contributed by atoms with Crippen molar-refractivity contribution in [3.05, 3.63) is 57.5 Å². The van der Waals surface area contributed by atoms with Crippen molar-refractivity contribution in [1.29, 1.82) is 0 Å². The van der Waals surface area contributed by atoms with E-state index in [1.54, 1.807) is 23.5 Å². The third-order valence-electron chi connectivity index (χ3n) is 2.68. The van der Waals surface area contributed by atoms with E-state index >= 15 is 0 Å². The van der Waals surface area contributed by atoms with Gasteiger partial charge in [0.25, 0.3) is 0 Å². The highest BCUT2D eigenvalue weighted by molar-refractivity contribution is 7.10. The maximum atomic E-state index is 13.6. The van der Waals surface area contributed by atoms with E-state index in [0.29, 0.717) is 5.56 Å². The third-order valence-corrected chi connectivity index (χ3v) is 3.73. The molecule has 1 heterocycles. The first kappa shape index (κ1) is 11.3. The van der Waals surface area contributed by atoms with Gasteiger partial charge in [-0.05, 0) is 29.5 Å². The number of nitrogens with two attached hydrogens (primary N) is 1. The zero-order valence-electron chi connectivity index (χ0n) is 9.11. The minimum absolute atomic E-state index is 0.231. The van der Waals surface area contributed by atoms with Crippen LogP contribution in [0.25, 0.3) is 0 Å². The van der Waals surface area contributed by atoms with E-state index in [1.165, 1.54) is 11.6 Å². The predicted molar refractivity (Wildman–Crippen MR) is 66.1 cm³/mol. The van der Waals surface area contributed by atoms with Crippen molar-refractivity contribution in [1.82, 2.24) is 0 Å². The summed E-state index contributed by atoms with van der Waals surface area (Å²) in [5, 5.41) is 2.01. The van der Waals surface area contributed by atoms with Crippen LogP contribution >= 0.6 is 11.3 Å². The molecule has 1 unspecified atom stereocenters. The second-order valence-corrected chi connectivity index (χ2v) is 4.61. The number of halogens is 1. The van der Waals surface area contributed by atoms with Crippen molar-refractivity contribution in [2.24, 2.45) is 5.73 Å². The van der Waals surface area contributed by atoms with Gasteiger partial charge in [0, 0.05) is 10.4 Å². The van der Waals surface area contributed by atoms with E-state index in [-0.39, 0.29) is 11.9 Å². The van der Waals surface area contributed by atoms with Gasteiger partial charge < -0.3 is 5.73 Å². The molecule has 0 aliphatic carbocycles. The Bertz CT molecular complexity index is 478. The molecular formula is C13H14FNS. The molecule has 0 aliphatic heterocycles. The van der Waals surface area contributed by atoms with Crippen LogP contribution in [0, 0.1) is 5.82 Å². The lowest BCUT2D eigenvalue weighted by atomic mass is 10.0. The van der Waals surface area contributed by atoms with Gasteiger partial charge in [0.1, 0.15) is 5.82 Å². The molecule has 1 aromatic carbocycles. The summed E-state index contributed by atoms with van der Waals surface area (Å²) < 4.78 is 13.6. The number of aryl methyl sites for hydroxylation is 1. The lowest BCUT2D eigenvalue weighted by Gasteiger charge is -2.13. The van der Waals surface area contributed by atoms with Gasteiger partial charge in [-0.1, -0.05) is 25.1 Å². The maximum Gasteiger partial charge on any atom is 0.128 e. The summed E-state index contributed by atoms with van der Waals surface area (Å²) in [6, 6.07) is 8.41. The number of thiophene rings is 1. The Balaban J connectivity index is 2.39. The van der Waals surface area contributed by atoms with E-state index in [0.717, 1.165) is 11.3 Å². The van der Waals surface area contributed by atoms with Gasteiger partial charge in [-0.15, -0.1) is 11.3 Å².